The van der Waals surface area contributed by atoms with Crippen LogP contribution in [0.4, 0.5) is 17.6 Å². The largest absolute Gasteiger partial charge is 0.494 e. The van der Waals surface area contributed by atoms with Crippen LogP contribution in [0.25, 0.3) is 11.3 Å². The van der Waals surface area contributed by atoms with Gasteiger partial charge >= 0.3 is 6.18 Å². The Bertz CT molecular complexity index is 1110. The van der Waals surface area contributed by atoms with Gasteiger partial charge in [-0.2, -0.15) is 13.2 Å². The molecule has 0 atom stereocenters. The van der Waals surface area contributed by atoms with Gasteiger partial charge in [-0.05, 0) is 18.2 Å². The summed E-state index contributed by atoms with van der Waals surface area (Å²) in [6.45, 7) is 0. The number of carbonyl (C=O) groups excluding carboxylic acids is 1. The third kappa shape index (κ3) is 2.69. The highest BCUT2D eigenvalue weighted by Gasteiger charge is 2.39. The zero-order valence-electron chi connectivity index (χ0n) is 13.4. The molecule has 1 aliphatic rings. The predicted octanol–water partition coefficient (Wildman–Crippen LogP) is 4.54. The molecule has 0 radical (unpaired) electrons. The number of hydrogen-bond acceptors (Lipinski definition) is 2. The summed E-state index contributed by atoms with van der Waals surface area (Å²) in [5.74, 6) is -1.89. The molecule has 0 fully saturated rings. The third-order valence-electron chi connectivity index (χ3n) is 4.25. The molecule has 1 aromatic heterocycles. The Hall–Kier alpha value is -3.42. The fourth-order valence-corrected chi connectivity index (χ4v) is 3.14. The van der Waals surface area contributed by atoms with Crippen LogP contribution in [0.1, 0.15) is 27.0 Å². The minimum atomic E-state index is -4.66. The molecule has 0 saturated heterocycles. The Labute approximate surface area is 149 Å². The lowest BCUT2D eigenvalue weighted by molar-refractivity contribution is -0.137. The van der Waals surface area contributed by atoms with Crippen LogP contribution in [-0.2, 0) is 6.18 Å². The molecule has 0 saturated carbocycles. The second-order valence-electron chi connectivity index (χ2n) is 5.92. The van der Waals surface area contributed by atoms with E-state index < -0.39 is 29.3 Å². The van der Waals surface area contributed by atoms with Crippen molar-refractivity contribution in [2.24, 2.45) is 4.99 Å². The lowest BCUT2D eigenvalue weighted by Crippen LogP contribution is -2.13. The van der Waals surface area contributed by atoms with Gasteiger partial charge < -0.3 is 10.1 Å². The number of aromatic hydroxyl groups is 1. The lowest BCUT2D eigenvalue weighted by atomic mass is 9.96. The van der Waals surface area contributed by atoms with Crippen LogP contribution in [0.5, 0.6) is 5.88 Å². The van der Waals surface area contributed by atoms with E-state index in [-0.39, 0.29) is 33.7 Å². The van der Waals surface area contributed by atoms with Crippen molar-refractivity contribution in [3.8, 4) is 17.1 Å². The normalized spacial score (nSPS) is 13.6. The zero-order valence-corrected chi connectivity index (χ0v) is 13.4. The van der Waals surface area contributed by atoms with E-state index in [0.717, 1.165) is 12.1 Å². The minimum absolute atomic E-state index is 0.0925. The number of nitrogens with zero attached hydrogens (tertiary/aromatic N) is 1. The van der Waals surface area contributed by atoms with Crippen molar-refractivity contribution in [3.63, 3.8) is 0 Å². The van der Waals surface area contributed by atoms with Gasteiger partial charge in [-0.3, -0.25) is 4.79 Å². The highest BCUT2D eigenvalue weighted by Crippen LogP contribution is 2.40. The maximum absolute atomic E-state index is 13.5. The molecule has 2 aromatic carbocycles. The molecule has 0 spiro atoms. The molecule has 2 N–H and O–H groups in total. The van der Waals surface area contributed by atoms with E-state index in [4.69, 9.17) is 0 Å². The molecular weight excluding hydrogens is 364 g/mol. The van der Waals surface area contributed by atoms with E-state index in [1.807, 2.05) is 0 Å². The number of nitrogens with one attached hydrogen (secondary N) is 1. The molecular formula is C19H10F4N2O2. The molecule has 3 aromatic rings. The Morgan fingerprint density at radius 2 is 1.74 bits per heavy atom. The summed E-state index contributed by atoms with van der Waals surface area (Å²) in [5.41, 5.74) is -1.44. The number of alkyl halides is 3. The second-order valence-corrected chi connectivity index (χ2v) is 5.92. The standard InChI is InChI=1S/C19H10F4N2O2/c20-10-5-3-4-9(8-10)15-13-14(18(27)24-15)16(25-17(13)26)11-6-1-2-7-12(11)19(21,22)23/h1-8,24,27H. The SMILES string of the molecule is O=C1N=C(c2ccccc2C(F)(F)F)c2c(O)[nH]c(-c3cccc(F)c3)c21. The minimum Gasteiger partial charge on any atom is -0.494 e. The molecule has 8 heteroatoms. The molecule has 4 nitrogen and oxygen atoms in total. The van der Waals surface area contributed by atoms with Gasteiger partial charge in [0.1, 0.15) is 5.82 Å². The number of aliphatic imine (C=N–C) groups is 1. The zero-order chi connectivity index (χ0) is 19.3. The number of halogens is 4. The molecule has 0 bridgehead atoms. The van der Waals surface area contributed by atoms with Crippen molar-refractivity contribution in [1.29, 1.82) is 0 Å². The van der Waals surface area contributed by atoms with Crippen LogP contribution in [0.15, 0.2) is 53.5 Å². The first-order valence-corrected chi connectivity index (χ1v) is 7.78. The average molecular weight is 374 g/mol. The van der Waals surface area contributed by atoms with Gasteiger partial charge in [0.15, 0.2) is 5.88 Å². The number of hydrogen-bond donors (Lipinski definition) is 2. The Balaban J connectivity index is 1.93. The quantitative estimate of drug-likeness (QED) is 0.647. The van der Waals surface area contributed by atoms with Gasteiger partial charge in [0, 0.05) is 11.1 Å². The van der Waals surface area contributed by atoms with Gasteiger partial charge in [0.2, 0.25) is 0 Å². The fourth-order valence-electron chi connectivity index (χ4n) is 3.14. The second kappa shape index (κ2) is 5.80. The summed E-state index contributed by atoms with van der Waals surface area (Å²) < 4.78 is 53.5. The van der Waals surface area contributed by atoms with Gasteiger partial charge in [-0.15, -0.1) is 0 Å². The molecule has 1 aliphatic heterocycles. The number of rotatable bonds is 2. The van der Waals surface area contributed by atoms with Gasteiger partial charge in [-0.1, -0.05) is 30.3 Å². The first kappa shape index (κ1) is 17.0. The van der Waals surface area contributed by atoms with E-state index in [2.05, 4.69) is 9.98 Å². The number of amides is 1. The maximum Gasteiger partial charge on any atom is 0.417 e. The van der Waals surface area contributed by atoms with E-state index in [0.29, 0.717) is 0 Å². The van der Waals surface area contributed by atoms with Crippen LogP contribution in [0, 0.1) is 5.82 Å². The molecule has 136 valence electrons. The number of H-pyrrole nitrogens is 1. The average Bonchev–Trinajstić information content (AvgIpc) is 3.13. The summed E-state index contributed by atoms with van der Waals surface area (Å²) in [6.07, 6.45) is -4.66. The first-order valence-electron chi connectivity index (χ1n) is 7.78. The molecule has 27 heavy (non-hydrogen) atoms. The number of fused-ring (bicyclic) bond motifs is 1. The maximum atomic E-state index is 13.5. The molecule has 4 rings (SSSR count). The van der Waals surface area contributed by atoms with Crippen molar-refractivity contribution >= 4 is 11.6 Å². The van der Waals surface area contributed by atoms with Crippen molar-refractivity contribution in [3.05, 3.63) is 76.6 Å². The predicted molar refractivity (Wildman–Crippen MR) is 89.3 cm³/mol. The van der Waals surface area contributed by atoms with E-state index >= 15 is 0 Å². The summed E-state index contributed by atoms with van der Waals surface area (Å²) in [7, 11) is 0. The molecule has 2 heterocycles. The first-order chi connectivity index (χ1) is 12.8. The number of aromatic amines is 1. The number of benzene rings is 2. The fraction of sp³-hybridized carbons (Fsp3) is 0.0526. The smallest absolute Gasteiger partial charge is 0.417 e. The van der Waals surface area contributed by atoms with Crippen LogP contribution < -0.4 is 0 Å². The van der Waals surface area contributed by atoms with Gasteiger partial charge in [0.05, 0.1) is 28.1 Å². The highest BCUT2D eigenvalue weighted by molar-refractivity contribution is 6.30. The molecule has 0 unspecified atom stereocenters. The molecule has 1 amide bonds. The topological polar surface area (TPSA) is 65.4 Å². The van der Waals surface area contributed by atoms with Crippen LogP contribution >= 0.6 is 0 Å². The summed E-state index contributed by atoms with van der Waals surface area (Å²) in [4.78, 5) is 18.7. The lowest BCUT2D eigenvalue weighted by Gasteiger charge is -2.12. The van der Waals surface area contributed by atoms with Gasteiger partial charge in [0.25, 0.3) is 5.91 Å². The summed E-state index contributed by atoms with van der Waals surface area (Å²) in [6, 6.07) is 9.91. The number of aromatic nitrogens is 1. The number of carbonyl (C=O) groups is 1. The van der Waals surface area contributed by atoms with Crippen LogP contribution in [0.3, 0.4) is 0 Å². The van der Waals surface area contributed by atoms with Crippen LogP contribution in [-0.4, -0.2) is 21.7 Å². The summed E-state index contributed by atoms with van der Waals surface area (Å²) >= 11 is 0. The third-order valence-corrected chi connectivity index (χ3v) is 4.25. The monoisotopic (exact) mass is 374 g/mol. The highest BCUT2D eigenvalue weighted by atomic mass is 19.4. The van der Waals surface area contributed by atoms with Crippen molar-refractivity contribution < 1.29 is 27.5 Å². The van der Waals surface area contributed by atoms with Crippen molar-refractivity contribution in [2.75, 3.05) is 0 Å². The molecule has 0 aliphatic carbocycles. The van der Waals surface area contributed by atoms with E-state index in [1.54, 1.807) is 0 Å². The van der Waals surface area contributed by atoms with Gasteiger partial charge in [-0.25, -0.2) is 9.38 Å². The van der Waals surface area contributed by atoms with Crippen molar-refractivity contribution in [2.45, 2.75) is 6.18 Å². The summed E-state index contributed by atoms with van der Waals surface area (Å²) in [5, 5.41) is 10.3. The Morgan fingerprint density at radius 1 is 1.00 bits per heavy atom. The van der Waals surface area contributed by atoms with E-state index in [9.17, 15) is 27.5 Å². The Morgan fingerprint density at radius 3 is 2.44 bits per heavy atom. The van der Waals surface area contributed by atoms with E-state index in [1.165, 1.54) is 36.4 Å². The van der Waals surface area contributed by atoms with Crippen LogP contribution in [0.2, 0.25) is 0 Å². The Kier molecular flexibility index (Phi) is 3.66. The van der Waals surface area contributed by atoms with Crippen molar-refractivity contribution in [1.82, 2.24) is 4.98 Å².